The molecule has 0 N–H and O–H groups in total. The average Bonchev–Trinajstić information content (AvgIpc) is 3.98. The first-order chi connectivity index (χ1) is 29.5. The Morgan fingerprint density at radius 3 is 1.42 bits per heavy atom. The van der Waals surface area contributed by atoms with Crippen molar-refractivity contribution in [1.82, 2.24) is 0 Å². The smallest absolute Gasteiger partial charge is 0.136 e. The Labute approximate surface area is 351 Å². The summed E-state index contributed by atoms with van der Waals surface area (Å²) in [5, 5.41) is 7.05. The molecule has 2 nitrogen and oxygen atoms in total. The minimum Gasteiger partial charge on any atom is -0.456 e. The molecule has 0 aliphatic heterocycles. The monoisotopic (exact) mass is 786 g/mol. The zero-order valence-electron chi connectivity index (χ0n) is 33.3. The maximum absolute atomic E-state index is 6.54. The average molecular weight is 787 g/mol. The molecule has 0 radical (unpaired) electrons. The van der Waals surface area contributed by atoms with Crippen molar-refractivity contribution < 1.29 is 8.83 Å². The van der Waals surface area contributed by atoms with E-state index in [4.69, 9.17) is 8.83 Å². The largest absolute Gasteiger partial charge is 0.456 e. The lowest BCUT2D eigenvalue weighted by Gasteiger charge is -2.15. The molecule has 0 aliphatic rings. The molecular formula is C57H38O2S. The second kappa shape index (κ2) is 13.7. The summed E-state index contributed by atoms with van der Waals surface area (Å²) in [5.74, 6) is 0. The number of furan rings is 2. The van der Waals surface area contributed by atoms with Crippen LogP contribution >= 0.6 is 11.3 Å². The number of hydrogen-bond acceptors (Lipinski definition) is 3. The maximum Gasteiger partial charge on any atom is 0.136 e. The molecule has 0 spiro atoms. The summed E-state index contributed by atoms with van der Waals surface area (Å²) in [6.07, 6.45) is 0.965. The van der Waals surface area contributed by atoms with Gasteiger partial charge in [0.15, 0.2) is 0 Å². The molecule has 3 heterocycles. The standard InChI is InChI=1S/C57H38O2S/c1-3-35-16-17-40(27-45(35)44-26-38(15-14-34(44)2)36-10-6-4-7-11-36)41-20-24-54-48(30-41)49-32-51-50-31-43(21-25-56(50)60-57(51)33-55(49)59-54)42-19-23-53-47(29-42)46-28-39(18-22-52(46)58-53)37-12-8-5-9-13-37/h4-33H,3H2,1-2H3. The van der Waals surface area contributed by atoms with Gasteiger partial charge in [-0.05, 0) is 153 Å². The van der Waals surface area contributed by atoms with Crippen LogP contribution < -0.4 is 0 Å². The zero-order valence-corrected chi connectivity index (χ0v) is 34.1. The highest BCUT2D eigenvalue weighted by molar-refractivity contribution is 7.25. The lowest BCUT2D eigenvalue weighted by atomic mass is 9.89. The van der Waals surface area contributed by atoms with Crippen LogP contribution in [0.2, 0.25) is 0 Å². The van der Waals surface area contributed by atoms with Crippen molar-refractivity contribution >= 4 is 75.4 Å². The van der Waals surface area contributed by atoms with Gasteiger partial charge in [0.05, 0.1) is 0 Å². The molecule has 0 atom stereocenters. The zero-order chi connectivity index (χ0) is 39.9. The van der Waals surface area contributed by atoms with Crippen molar-refractivity contribution in [3.8, 4) is 55.6 Å². The number of hydrogen-bond donors (Lipinski definition) is 0. The predicted octanol–water partition coefficient (Wildman–Crippen LogP) is 17.1. The van der Waals surface area contributed by atoms with Crippen LogP contribution in [0.5, 0.6) is 0 Å². The number of thiophene rings is 1. The fourth-order valence-corrected chi connectivity index (χ4v) is 10.3. The Bertz CT molecular complexity index is 3640. The first-order valence-corrected chi connectivity index (χ1v) is 21.5. The molecule has 284 valence electrons. The quantitative estimate of drug-likeness (QED) is 0.168. The van der Waals surface area contributed by atoms with Gasteiger partial charge in [0.2, 0.25) is 0 Å². The second-order valence-electron chi connectivity index (χ2n) is 16.0. The second-order valence-corrected chi connectivity index (χ2v) is 17.1. The first kappa shape index (κ1) is 34.8. The van der Waals surface area contributed by atoms with E-state index in [1.165, 1.54) is 86.9 Å². The van der Waals surface area contributed by atoms with E-state index < -0.39 is 0 Å². The SMILES string of the molecule is CCc1ccc(-c2ccc3oc4cc5sc6ccc(-c7ccc8oc9ccc(-c%10ccccc%10)cc9c8c7)cc6c5cc4c3c2)cc1-c1cc(-c2ccccc2)ccc1C. The molecule has 3 aromatic heterocycles. The predicted molar refractivity (Wildman–Crippen MR) is 255 cm³/mol. The Morgan fingerprint density at radius 2 is 0.800 bits per heavy atom. The van der Waals surface area contributed by atoms with Gasteiger partial charge in [0, 0.05) is 41.7 Å². The van der Waals surface area contributed by atoms with Gasteiger partial charge < -0.3 is 8.83 Å². The van der Waals surface area contributed by atoms with Gasteiger partial charge >= 0.3 is 0 Å². The third kappa shape index (κ3) is 5.69. The molecular weight excluding hydrogens is 749 g/mol. The van der Waals surface area contributed by atoms with E-state index in [1.54, 1.807) is 0 Å². The molecule has 0 unspecified atom stereocenters. The molecule has 12 aromatic rings. The maximum atomic E-state index is 6.54. The molecule has 0 aliphatic carbocycles. The van der Waals surface area contributed by atoms with Crippen molar-refractivity contribution in [2.24, 2.45) is 0 Å². The van der Waals surface area contributed by atoms with Gasteiger partial charge in [-0.3, -0.25) is 0 Å². The lowest BCUT2D eigenvalue weighted by molar-refractivity contribution is 0.669. The number of aryl methyl sites for hydroxylation is 2. The van der Waals surface area contributed by atoms with Crippen molar-refractivity contribution in [3.05, 3.63) is 193 Å². The van der Waals surface area contributed by atoms with Gasteiger partial charge in [-0.25, -0.2) is 0 Å². The van der Waals surface area contributed by atoms with Gasteiger partial charge in [-0.2, -0.15) is 0 Å². The van der Waals surface area contributed by atoms with Crippen LogP contribution in [0.4, 0.5) is 0 Å². The molecule has 0 bridgehead atoms. The Hall–Kier alpha value is -7.20. The first-order valence-electron chi connectivity index (χ1n) is 20.7. The van der Waals surface area contributed by atoms with Crippen molar-refractivity contribution in [2.45, 2.75) is 20.3 Å². The highest BCUT2D eigenvalue weighted by Gasteiger charge is 2.17. The molecule has 0 saturated carbocycles. The van der Waals surface area contributed by atoms with Gasteiger partial charge in [0.25, 0.3) is 0 Å². The van der Waals surface area contributed by atoms with Crippen LogP contribution in [0.15, 0.2) is 191 Å². The summed E-state index contributed by atoms with van der Waals surface area (Å²) in [6, 6.07) is 66.2. The summed E-state index contributed by atoms with van der Waals surface area (Å²) in [5.41, 5.74) is 18.4. The van der Waals surface area contributed by atoms with E-state index in [1.807, 2.05) is 11.3 Å². The van der Waals surface area contributed by atoms with E-state index in [0.29, 0.717) is 0 Å². The molecule has 9 aromatic carbocycles. The highest BCUT2D eigenvalue weighted by Crippen LogP contribution is 2.43. The van der Waals surface area contributed by atoms with Crippen LogP contribution in [0.1, 0.15) is 18.1 Å². The fraction of sp³-hybridized carbons (Fsp3) is 0.0526. The lowest BCUT2D eigenvalue weighted by Crippen LogP contribution is -1.93. The Morgan fingerprint density at radius 1 is 0.350 bits per heavy atom. The molecule has 60 heavy (non-hydrogen) atoms. The van der Waals surface area contributed by atoms with Crippen LogP contribution in [0.3, 0.4) is 0 Å². The summed E-state index contributed by atoms with van der Waals surface area (Å²) in [6.45, 7) is 4.47. The van der Waals surface area contributed by atoms with E-state index in [2.05, 4.69) is 196 Å². The minimum absolute atomic E-state index is 0.902. The van der Waals surface area contributed by atoms with E-state index >= 15 is 0 Å². The third-order valence-corrected chi connectivity index (χ3v) is 13.6. The van der Waals surface area contributed by atoms with E-state index in [-0.39, 0.29) is 0 Å². The van der Waals surface area contributed by atoms with Gasteiger partial charge in [-0.1, -0.05) is 116 Å². The number of fused-ring (bicyclic) bond motifs is 9. The van der Waals surface area contributed by atoms with E-state index in [0.717, 1.165) is 50.3 Å². The summed E-state index contributed by atoms with van der Waals surface area (Å²) < 4.78 is 15.3. The summed E-state index contributed by atoms with van der Waals surface area (Å²) in [4.78, 5) is 0. The summed E-state index contributed by atoms with van der Waals surface area (Å²) in [7, 11) is 0. The third-order valence-electron chi connectivity index (χ3n) is 12.4. The highest BCUT2D eigenvalue weighted by atomic mass is 32.1. The van der Waals surface area contributed by atoms with E-state index in [9.17, 15) is 0 Å². The molecule has 3 heteroatoms. The van der Waals surface area contributed by atoms with Crippen molar-refractivity contribution in [2.75, 3.05) is 0 Å². The van der Waals surface area contributed by atoms with Gasteiger partial charge in [0.1, 0.15) is 22.3 Å². The Balaban J connectivity index is 0.948. The number of rotatable bonds is 6. The van der Waals surface area contributed by atoms with Crippen LogP contribution in [-0.4, -0.2) is 0 Å². The normalized spacial score (nSPS) is 11.9. The number of benzene rings is 9. The van der Waals surface area contributed by atoms with Crippen LogP contribution in [0.25, 0.3) is 120 Å². The Kier molecular flexibility index (Phi) is 7.94. The van der Waals surface area contributed by atoms with Crippen LogP contribution in [-0.2, 0) is 6.42 Å². The molecule has 0 amide bonds. The van der Waals surface area contributed by atoms with Crippen molar-refractivity contribution in [3.63, 3.8) is 0 Å². The fourth-order valence-electron chi connectivity index (χ4n) is 9.21. The molecule has 12 rings (SSSR count). The van der Waals surface area contributed by atoms with Crippen molar-refractivity contribution in [1.29, 1.82) is 0 Å². The topological polar surface area (TPSA) is 26.3 Å². The molecule has 0 saturated heterocycles. The minimum atomic E-state index is 0.902. The van der Waals surface area contributed by atoms with Gasteiger partial charge in [-0.15, -0.1) is 11.3 Å². The van der Waals surface area contributed by atoms with Crippen LogP contribution in [0, 0.1) is 6.92 Å². The molecule has 0 fully saturated rings. The summed E-state index contributed by atoms with van der Waals surface area (Å²) >= 11 is 1.82.